The molecule has 8 heteroatoms. The fourth-order valence-corrected chi connectivity index (χ4v) is 6.26. The van der Waals surface area contributed by atoms with Crippen molar-refractivity contribution in [3.63, 3.8) is 0 Å². The Morgan fingerprint density at radius 1 is 0.529 bits per heavy atom. The van der Waals surface area contributed by atoms with Crippen molar-refractivity contribution in [1.82, 2.24) is 0 Å². The number of amides is 4. The van der Waals surface area contributed by atoms with E-state index >= 15 is 0 Å². The van der Waals surface area contributed by atoms with Crippen molar-refractivity contribution in [2.75, 3.05) is 36.0 Å². The van der Waals surface area contributed by atoms with E-state index in [2.05, 4.69) is 0 Å². The molecule has 0 aromatic heterocycles. The van der Waals surface area contributed by atoms with E-state index in [1.807, 2.05) is 0 Å². The summed E-state index contributed by atoms with van der Waals surface area (Å²) in [5.74, 6) is -0.601. The third-order valence-electron chi connectivity index (χ3n) is 8.14. The van der Waals surface area contributed by atoms with E-state index in [-0.39, 0.29) is 48.6 Å². The smallest absolute Gasteiger partial charge is 0.292 e. The highest BCUT2D eigenvalue weighted by molar-refractivity contribution is 6.23. The molecule has 34 heavy (non-hydrogen) atoms. The molecule has 4 fully saturated rings. The standard InChI is InChI=1S/C26H34N4O4/c31-23-17-21(27-13-5-1-2-6-14-27)25(33)29(23)19-9-11-20(12-10-19)30-24(32)18-22(26(30)34)28-15-7-3-4-8-16-28/h9-12,21-22H,1-8,13-18H2/p+2/t21-,22-/m1/s1. The molecule has 2 N–H and O–H groups in total. The quantitative estimate of drug-likeness (QED) is 0.603. The number of anilines is 2. The summed E-state index contributed by atoms with van der Waals surface area (Å²) in [6, 6.07) is 6.17. The minimum absolute atomic E-state index is 0.132. The van der Waals surface area contributed by atoms with Gasteiger partial charge in [-0.1, -0.05) is 0 Å². The molecule has 0 bridgehead atoms. The number of nitrogens with zero attached hydrogens (tertiary/aromatic N) is 2. The number of quaternary nitrogens is 2. The monoisotopic (exact) mass is 468 g/mol. The zero-order valence-electron chi connectivity index (χ0n) is 19.9. The highest BCUT2D eigenvalue weighted by atomic mass is 16.2. The number of likely N-dealkylation sites (tertiary alicyclic amines) is 2. The number of carbonyl (C=O) groups is 4. The van der Waals surface area contributed by atoms with Crippen LogP contribution < -0.4 is 19.6 Å². The summed E-state index contributed by atoms with van der Waals surface area (Å²) in [5.41, 5.74) is 1.04. The van der Waals surface area contributed by atoms with Gasteiger partial charge in [0.2, 0.25) is 11.8 Å². The van der Waals surface area contributed by atoms with Crippen LogP contribution in [0, 0.1) is 0 Å². The van der Waals surface area contributed by atoms with E-state index < -0.39 is 0 Å². The first-order chi connectivity index (χ1) is 16.5. The maximum absolute atomic E-state index is 13.2. The summed E-state index contributed by atoms with van der Waals surface area (Å²) in [4.78, 5) is 57.0. The number of hydrogen-bond donors (Lipinski definition) is 2. The van der Waals surface area contributed by atoms with Crippen LogP contribution in [0.15, 0.2) is 24.3 Å². The molecule has 0 saturated carbocycles. The minimum atomic E-state index is -0.302. The van der Waals surface area contributed by atoms with Crippen molar-refractivity contribution in [3.8, 4) is 0 Å². The molecule has 4 saturated heterocycles. The third kappa shape index (κ3) is 4.41. The van der Waals surface area contributed by atoms with Gasteiger partial charge in [-0.15, -0.1) is 0 Å². The first-order valence-corrected chi connectivity index (χ1v) is 13.1. The number of hydrogen-bond acceptors (Lipinski definition) is 4. The Hall–Kier alpha value is -2.58. The zero-order chi connectivity index (χ0) is 23.7. The van der Waals surface area contributed by atoms with E-state index in [1.165, 1.54) is 45.3 Å². The first-order valence-electron chi connectivity index (χ1n) is 13.1. The highest BCUT2D eigenvalue weighted by Gasteiger charge is 2.47. The van der Waals surface area contributed by atoms with Crippen molar-refractivity contribution < 1.29 is 29.0 Å². The minimum Gasteiger partial charge on any atom is -0.324 e. The summed E-state index contributed by atoms with van der Waals surface area (Å²) in [7, 11) is 0. The van der Waals surface area contributed by atoms with E-state index in [0.717, 1.165) is 51.9 Å². The average Bonchev–Trinajstić information content (AvgIpc) is 3.09. The van der Waals surface area contributed by atoms with Crippen LogP contribution in [0.1, 0.15) is 64.2 Å². The van der Waals surface area contributed by atoms with Crippen LogP contribution in [0.5, 0.6) is 0 Å². The molecular formula is C26H36N4O4+2. The molecule has 0 aliphatic carbocycles. The number of carbonyl (C=O) groups excluding carboxylic acids is 4. The lowest BCUT2D eigenvalue weighted by molar-refractivity contribution is -0.914. The zero-order valence-corrected chi connectivity index (χ0v) is 19.9. The lowest BCUT2D eigenvalue weighted by atomic mass is 10.2. The lowest BCUT2D eigenvalue weighted by Crippen LogP contribution is -3.16. The van der Waals surface area contributed by atoms with Gasteiger partial charge in [-0.2, -0.15) is 0 Å². The Bertz CT molecular complexity index is 869. The Balaban J connectivity index is 1.29. The molecule has 4 aliphatic rings. The summed E-state index contributed by atoms with van der Waals surface area (Å²) in [5, 5.41) is 0. The highest BCUT2D eigenvalue weighted by Crippen LogP contribution is 2.28. The van der Waals surface area contributed by atoms with Gasteiger partial charge < -0.3 is 9.80 Å². The van der Waals surface area contributed by atoms with E-state index in [9.17, 15) is 19.2 Å². The number of nitrogens with one attached hydrogen (secondary N) is 2. The van der Waals surface area contributed by atoms with Crippen molar-refractivity contribution >= 4 is 35.0 Å². The van der Waals surface area contributed by atoms with Gasteiger partial charge >= 0.3 is 0 Å². The Kier molecular flexibility index (Phi) is 6.79. The third-order valence-corrected chi connectivity index (χ3v) is 8.14. The molecular weight excluding hydrogens is 432 g/mol. The SMILES string of the molecule is O=C1C[C@@H]([NH+]2CCCCCC2)C(=O)N1c1ccc(N2C(=O)C[C@@H]([NH+]3CCCCCC3)C2=O)cc1. The van der Waals surface area contributed by atoms with Gasteiger partial charge in [0.05, 0.1) is 50.4 Å². The molecule has 4 heterocycles. The number of benzene rings is 1. The molecule has 0 spiro atoms. The molecule has 0 radical (unpaired) electrons. The van der Waals surface area contributed by atoms with Gasteiger partial charge in [-0.25, -0.2) is 9.80 Å². The average molecular weight is 469 g/mol. The van der Waals surface area contributed by atoms with Gasteiger partial charge in [-0.3, -0.25) is 19.2 Å². The Morgan fingerprint density at radius 2 is 0.853 bits per heavy atom. The fourth-order valence-electron chi connectivity index (χ4n) is 6.26. The number of rotatable bonds is 4. The maximum Gasteiger partial charge on any atom is 0.292 e. The van der Waals surface area contributed by atoms with E-state index in [0.29, 0.717) is 11.4 Å². The van der Waals surface area contributed by atoms with E-state index in [1.54, 1.807) is 24.3 Å². The second-order valence-electron chi connectivity index (χ2n) is 10.3. The fraction of sp³-hybridized carbons (Fsp3) is 0.615. The second-order valence-corrected chi connectivity index (χ2v) is 10.3. The molecule has 2 atom stereocenters. The molecule has 1 aromatic rings. The molecule has 5 rings (SSSR count). The van der Waals surface area contributed by atoms with Crippen molar-refractivity contribution in [2.45, 2.75) is 76.3 Å². The van der Waals surface area contributed by atoms with Crippen LogP contribution >= 0.6 is 0 Å². The molecule has 0 unspecified atom stereocenters. The molecule has 1 aromatic carbocycles. The van der Waals surface area contributed by atoms with E-state index in [4.69, 9.17) is 0 Å². The van der Waals surface area contributed by atoms with Crippen LogP contribution in [-0.2, 0) is 19.2 Å². The largest absolute Gasteiger partial charge is 0.324 e. The van der Waals surface area contributed by atoms with Gasteiger partial charge in [0.25, 0.3) is 11.8 Å². The Labute approximate surface area is 200 Å². The van der Waals surface area contributed by atoms with Crippen LogP contribution in [0.3, 0.4) is 0 Å². The first kappa shape index (κ1) is 23.2. The second kappa shape index (κ2) is 9.96. The van der Waals surface area contributed by atoms with Crippen LogP contribution in [0.2, 0.25) is 0 Å². The summed E-state index contributed by atoms with van der Waals surface area (Å²) < 4.78 is 0. The topological polar surface area (TPSA) is 83.6 Å². The molecule has 4 aliphatic heterocycles. The van der Waals surface area contributed by atoms with Crippen molar-refractivity contribution in [1.29, 1.82) is 0 Å². The lowest BCUT2D eigenvalue weighted by Gasteiger charge is -2.23. The molecule has 4 amide bonds. The Morgan fingerprint density at radius 3 is 1.18 bits per heavy atom. The van der Waals surface area contributed by atoms with Crippen LogP contribution in [0.4, 0.5) is 11.4 Å². The maximum atomic E-state index is 13.2. The normalized spacial score (nSPS) is 28.0. The van der Waals surface area contributed by atoms with Crippen molar-refractivity contribution in [3.05, 3.63) is 24.3 Å². The molecule has 182 valence electrons. The van der Waals surface area contributed by atoms with Gasteiger partial charge in [0, 0.05) is 0 Å². The number of imide groups is 2. The summed E-state index contributed by atoms with van der Waals surface area (Å²) >= 11 is 0. The summed E-state index contributed by atoms with van der Waals surface area (Å²) in [6.45, 7) is 3.76. The van der Waals surface area contributed by atoms with Crippen molar-refractivity contribution in [2.24, 2.45) is 0 Å². The van der Waals surface area contributed by atoms with Gasteiger partial charge in [0.15, 0.2) is 12.1 Å². The van der Waals surface area contributed by atoms with Crippen LogP contribution in [0.25, 0.3) is 0 Å². The van der Waals surface area contributed by atoms with Gasteiger partial charge in [0.1, 0.15) is 0 Å². The predicted octanol–water partition coefficient (Wildman–Crippen LogP) is -0.132. The predicted molar refractivity (Wildman–Crippen MR) is 127 cm³/mol. The van der Waals surface area contributed by atoms with Gasteiger partial charge in [-0.05, 0) is 75.6 Å². The van der Waals surface area contributed by atoms with Crippen LogP contribution in [-0.4, -0.2) is 61.9 Å². The summed E-state index contributed by atoms with van der Waals surface area (Å²) in [6.07, 6.45) is 9.66. The molecule has 8 nitrogen and oxygen atoms in total.